The van der Waals surface area contributed by atoms with Gasteiger partial charge < -0.3 is 9.13 Å². The van der Waals surface area contributed by atoms with Gasteiger partial charge in [0.15, 0.2) is 5.82 Å². The van der Waals surface area contributed by atoms with Crippen molar-refractivity contribution in [2.45, 2.75) is 13.8 Å². The van der Waals surface area contributed by atoms with E-state index >= 15 is 0 Å². The average Bonchev–Trinajstić information content (AvgIpc) is 4.27. The van der Waals surface area contributed by atoms with Crippen molar-refractivity contribution in [2.24, 2.45) is 0 Å². The molecule has 0 amide bonds. The van der Waals surface area contributed by atoms with Crippen molar-refractivity contribution < 1.29 is 0 Å². The summed E-state index contributed by atoms with van der Waals surface area (Å²) < 4.78 is 7.00. The highest BCUT2D eigenvalue weighted by atomic mass is 15.1. The summed E-state index contributed by atoms with van der Waals surface area (Å²) in [5.74, 6) is 1.51. The number of benzene rings is 9. The fourth-order valence-corrected chi connectivity index (χ4v) is 10.8. The topological polar surface area (TPSA) is 53.5 Å². The van der Waals surface area contributed by atoms with E-state index in [0.29, 0.717) is 5.82 Å². The lowest BCUT2D eigenvalue weighted by Crippen LogP contribution is -2.02. The highest BCUT2D eigenvalue weighted by molar-refractivity contribution is 6.13. The second-order valence-corrected chi connectivity index (χ2v) is 19.2. The number of nitrogens with zero attached hydrogens (tertiary/aromatic N) is 6. The first-order chi connectivity index (χ1) is 39.0. The molecule has 6 nitrogen and oxygen atoms in total. The molecule has 0 radical (unpaired) electrons. The van der Waals surface area contributed by atoms with Crippen LogP contribution in [0.2, 0.25) is 0 Å². The number of allylic oxidation sites excluding steroid dienone is 6. The standard InChI is InChI=1S/C63H40N6.2C5H8/c1-4-15-42(16-5-1)54-40-61(66-63(65-54)43-17-6-2-7-18-43)69-56-24-13-10-21-49(56)51-33-28-46(39-60(51)69)45-30-34-57-52(37-45)50-22-11-12-23-55(50)67(57)48-31-26-41(27-32-48)44-29-35-58-53(38-44)62-59(25-14-36-64-62)68(58)47-19-8-3-9-20-47;2*1-3-5-4-2/h1-40H;2*3-5H,1H2,2H3/b;2*5-4-. The lowest BCUT2D eigenvalue weighted by Gasteiger charge is -2.13. The molecule has 6 heteroatoms. The molecule has 0 saturated carbocycles. The van der Waals surface area contributed by atoms with E-state index in [9.17, 15) is 0 Å². The summed E-state index contributed by atoms with van der Waals surface area (Å²) in [6.07, 6.45) is 13.0. The lowest BCUT2D eigenvalue weighted by atomic mass is 10.0. The van der Waals surface area contributed by atoms with E-state index in [1.165, 1.54) is 27.1 Å². The number of hydrogen-bond donors (Lipinski definition) is 0. The van der Waals surface area contributed by atoms with Crippen molar-refractivity contribution in [3.63, 3.8) is 0 Å². The van der Waals surface area contributed by atoms with Gasteiger partial charge in [-0.3, -0.25) is 9.55 Å². The molecule has 0 atom stereocenters. The molecule has 0 bridgehead atoms. The van der Waals surface area contributed by atoms with E-state index in [1.807, 2.05) is 74.7 Å². The molecule has 9 aromatic carbocycles. The second-order valence-electron chi connectivity index (χ2n) is 19.2. The SMILES string of the molecule is C=C/C=C\C.C=C/C=C\C.c1ccc(-c2cc(-n3c4ccccc4c4ccc(-c5ccc6c(c5)c5ccccc5n6-c5ccc(-c6ccc7c(c6)c6ncccc6n7-c6ccccc6)cc5)cc43)nc(-c3ccccc3)n2)cc1. The predicted octanol–water partition coefficient (Wildman–Crippen LogP) is 19.3. The molecule has 0 saturated heterocycles. The van der Waals surface area contributed by atoms with E-state index in [2.05, 4.69) is 233 Å². The molecule has 0 aliphatic rings. The average molecular weight is 1020 g/mol. The summed E-state index contributed by atoms with van der Waals surface area (Å²) in [7, 11) is 0. The maximum absolute atomic E-state index is 5.28. The van der Waals surface area contributed by atoms with Gasteiger partial charge in [0.2, 0.25) is 0 Å². The summed E-state index contributed by atoms with van der Waals surface area (Å²) in [4.78, 5) is 15.2. The molecule has 0 N–H and O–H groups in total. The van der Waals surface area contributed by atoms with Gasteiger partial charge in [-0.1, -0.05) is 201 Å². The van der Waals surface area contributed by atoms with E-state index < -0.39 is 0 Å². The Morgan fingerprint density at radius 2 is 0.823 bits per heavy atom. The smallest absolute Gasteiger partial charge is 0.162 e. The van der Waals surface area contributed by atoms with Crippen molar-refractivity contribution in [1.82, 2.24) is 28.7 Å². The summed E-state index contributed by atoms with van der Waals surface area (Å²) in [5.41, 5.74) is 17.5. The third-order valence-corrected chi connectivity index (χ3v) is 14.4. The van der Waals surface area contributed by atoms with Crippen LogP contribution in [-0.2, 0) is 0 Å². The van der Waals surface area contributed by atoms with E-state index in [-0.39, 0.29) is 0 Å². The Hall–Kier alpha value is -10.4. The Morgan fingerprint density at radius 3 is 1.48 bits per heavy atom. The van der Waals surface area contributed by atoms with Crippen molar-refractivity contribution in [3.05, 3.63) is 292 Å². The van der Waals surface area contributed by atoms with Gasteiger partial charge in [0, 0.05) is 61.7 Å². The molecule has 5 heterocycles. The van der Waals surface area contributed by atoms with E-state index in [0.717, 1.165) is 94.8 Å². The fraction of sp³-hybridized carbons (Fsp3) is 0.0274. The Bertz CT molecular complexity index is 4500. The quantitative estimate of drug-likeness (QED) is 0.135. The lowest BCUT2D eigenvalue weighted by molar-refractivity contribution is 1.05. The number of fused-ring (bicyclic) bond motifs is 9. The summed E-state index contributed by atoms with van der Waals surface area (Å²) >= 11 is 0. The van der Waals surface area contributed by atoms with Crippen molar-refractivity contribution in [3.8, 4) is 62.1 Å². The molecule has 14 rings (SSSR count). The molecule has 0 spiro atoms. The molecular weight excluding hydrogens is 961 g/mol. The predicted molar refractivity (Wildman–Crippen MR) is 335 cm³/mol. The first kappa shape index (κ1) is 49.4. The number of rotatable bonds is 9. The summed E-state index contributed by atoms with van der Waals surface area (Å²) in [6, 6.07) is 84.3. The fourth-order valence-electron chi connectivity index (χ4n) is 10.8. The molecule has 0 aliphatic heterocycles. The number of pyridine rings is 1. The maximum Gasteiger partial charge on any atom is 0.162 e. The zero-order chi connectivity index (χ0) is 53.7. The largest absolute Gasteiger partial charge is 0.309 e. The first-order valence-corrected chi connectivity index (χ1v) is 26.6. The van der Waals surface area contributed by atoms with Crippen LogP contribution in [0.3, 0.4) is 0 Å². The minimum atomic E-state index is 0.688. The number of hydrogen-bond acceptors (Lipinski definition) is 3. The van der Waals surface area contributed by atoms with Crippen LogP contribution in [0.1, 0.15) is 13.8 Å². The monoisotopic (exact) mass is 1020 g/mol. The van der Waals surface area contributed by atoms with Crippen LogP contribution in [0.15, 0.2) is 292 Å². The molecule has 0 aliphatic carbocycles. The molecule has 5 aromatic heterocycles. The normalized spacial score (nSPS) is 11.4. The van der Waals surface area contributed by atoms with Gasteiger partial charge in [0.25, 0.3) is 0 Å². The molecular formula is C73H56N6. The zero-order valence-corrected chi connectivity index (χ0v) is 44.2. The van der Waals surface area contributed by atoms with Gasteiger partial charge >= 0.3 is 0 Å². The maximum atomic E-state index is 5.28. The van der Waals surface area contributed by atoms with Crippen LogP contribution >= 0.6 is 0 Å². The molecule has 378 valence electrons. The van der Waals surface area contributed by atoms with Crippen LogP contribution < -0.4 is 0 Å². The van der Waals surface area contributed by atoms with Crippen molar-refractivity contribution in [2.75, 3.05) is 0 Å². The molecule has 14 aromatic rings. The van der Waals surface area contributed by atoms with Crippen LogP contribution in [0.5, 0.6) is 0 Å². The Kier molecular flexibility index (Phi) is 13.8. The highest BCUT2D eigenvalue weighted by Gasteiger charge is 2.20. The Labute approximate surface area is 460 Å². The summed E-state index contributed by atoms with van der Waals surface area (Å²) in [6.45, 7) is 10.8. The van der Waals surface area contributed by atoms with Crippen LogP contribution in [0.25, 0.3) is 128 Å². The number of para-hydroxylation sites is 3. The van der Waals surface area contributed by atoms with Gasteiger partial charge in [-0.25, -0.2) is 9.97 Å². The van der Waals surface area contributed by atoms with Gasteiger partial charge in [-0.05, 0) is 115 Å². The first-order valence-electron chi connectivity index (χ1n) is 26.6. The van der Waals surface area contributed by atoms with Gasteiger partial charge in [0.1, 0.15) is 5.82 Å². The minimum absolute atomic E-state index is 0.688. The Balaban J connectivity index is 0.000000575. The highest BCUT2D eigenvalue weighted by Crippen LogP contribution is 2.40. The van der Waals surface area contributed by atoms with Crippen molar-refractivity contribution in [1.29, 1.82) is 0 Å². The number of aromatic nitrogens is 6. The molecule has 79 heavy (non-hydrogen) atoms. The van der Waals surface area contributed by atoms with E-state index in [1.54, 1.807) is 12.2 Å². The van der Waals surface area contributed by atoms with Crippen LogP contribution in [0, 0.1) is 0 Å². The van der Waals surface area contributed by atoms with Crippen molar-refractivity contribution >= 4 is 65.5 Å². The van der Waals surface area contributed by atoms with Gasteiger partial charge in [-0.2, -0.15) is 0 Å². The van der Waals surface area contributed by atoms with Crippen LogP contribution in [-0.4, -0.2) is 28.7 Å². The van der Waals surface area contributed by atoms with Crippen LogP contribution in [0.4, 0.5) is 0 Å². The second kappa shape index (κ2) is 22.0. The molecule has 0 unspecified atom stereocenters. The van der Waals surface area contributed by atoms with E-state index in [4.69, 9.17) is 15.0 Å². The third-order valence-electron chi connectivity index (χ3n) is 14.4. The van der Waals surface area contributed by atoms with Gasteiger partial charge in [0.05, 0.1) is 44.3 Å². The van der Waals surface area contributed by atoms with Gasteiger partial charge in [-0.15, -0.1) is 0 Å². The molecule has 0 fully saturated rings. The Morgan fingerprint density at radius 1 is 0.342 bits per heavy atom. The summed E-state index contributed by atoms with van der Waals surface area (Å²) in [5, 5.41) is 5.91. The third kappa shape index (κ3) is 9.42. The zero-order valence-electron chi connectivity index (χ0n) is 44.2. The minimum Gasteiger partial charge on any atom is -0.309 e.